The Morgan fingerprint density at radius 2 is 0.851 bits per heavy atom. The lowest BCUT2D eigenvalue weighted by molar-refractivity contribution is -0.870. The van der Waals surface area contributed by atoms with Gasteiger partial charge in [0.1, 0.15) is 13.2 Å². The minimum atomic E-state index is -1.51. The fourth-order valence-corrected chi connectivity index (χ4v) is 6.79. The normalized spacial score (nSPS) is 13.6. The Hall–Kier alpha value is -3.79. The number of carbonyl (C=O) groups is 3. The molecule has 67 heavy (non-hydrogen) atoms. The van der Waals surface area contributed by atoms with Gasteiger partial charge in [-0.25, -0.2) is 4.79 Å². The number of allylic oxidation sites excluding steroid dienone is 16. The first-order valence-electron chi connectivity index (χ1n) is 26.4. The van der Waals surface area contributed by atoms with E-state index in [1.807, 2.05) is 21.1 Å². The number of carbonyl (C=O) groups excluding carboxylic acids is 2. The Morgan fingerprint density at radius 1 is 0.463 bits per heavy atom. The van der Waals surface area contributed by atoms with Gasteiger partial charge in [0.05, 0.1) is 34.4 Å². The molecule has 0 aliphatic carbocycles. The molecule has 9 heteroatoms. The van der Waals surface area contributed by atoms with Gasteiger partial charge in [-0.1, -0.05) is 201 Å². The summed E-state index contributed by atoms with van der Waals surface area (Å²) in [6.45, 7) is 4.71. The number of likely N-dealkylation sites (N-methyl/N-ethyl adjacent to an activating group) is 1. The largest absolute Gasteiger partial charge is 0.477 e. The van der Waals surface area contributed by atoms with Gasteiger partial charge in [-0.05, 0) is 77.0 Å². The molecule has 1 N–H and O–H groups in total. The van der Waals surface area contributed by atoms with Crippen LogP contribution in [0.5, 0.6) is 0 Å². The summed E-state index contributed by atoms with van der Waals surface area (Å²) < 4.78 is 22.7. The van der Waals surface area contributed by atoms with Crippen molar-refractivity contribution < 1.29 is 42.9 Å². The lowest BCUT2D eigenvalue weighted by atomic mass is 10.1. The lowest BCUT2D eigenvalue weighted by Crippen LogP contribution is -2.40. The van der Waals surface area contributed by atoms with Crippen molar-refractivity contribution in [3.8, 4) is 0 Å². The smallest absolute Gasteiger partial charge is 0.361 e. The Labute approximate surface area is 410 Å². The monoisotopic (exact) mass is 937 g/mol. The second-order valence-corrected chi connectivity index (χ2v) is 18.5. The van der Waals surface area contributed by atoms with E-state index in [-0.39, 0.29) is 32.2 Å². The number of esters is 2. The van der Waals surface area contributed by atoms with Crippen molar-refractivity contribution in [3.63, 3.8) is 0 Å². The fourth-order valence-electron chi connectivity index (χ4n) is 6.79. The van der Waals surface area contributed by atoms with Crippen LogP contribution >= 0.6 is 0 Å². The molecule has 0 heterocycles. The fraction of sp³-hybridized carbons (Fsp3) is 0.672. The number of quaternary nitrogens is 1. The molecule has 0 aromatic carbocycles. The first-order valence-corrected chi connectivity index (χ1v) is 26.4. The van der Waals surface area contributed by atoms with E-state index in [1.54, 1.807) is 0 Å². The Kier molecular flexibility index (Phi) is 45.9. The minimum absolute atomic E-state index is 0.182. The van der Waals surface area contributed by atoms with E-state index in [4.69, 9.17) is 18.9 Å². The van der Waals surface area contributed by atoms with Crippen molar-refractivity contribution in [1.29, 1.82) is 0 Å². The summed E-state index contributed by atoms with van der Waals surface area (Å²) >= 11 is 0. The summed E-state index contributed by atoms with van der Waals surface area (Å²) in [5.41, 5.74) is 0. The average Bonchev–Trinajstić information content (AvgIpc) is 3.29. The molecule has 0 spiro atoms. The quantitative estimate of drug-likeness (QED) is 0.0211. The van der Waals surface area contributed by atoms with Crippen LogP contribution in [-0.2, 0) is 33.3 Å². The first kappa shape index (κ1) is 63.2. The summed E-state index contributed by atoms with van der Waals surface area (Å²) in [4.78, 5) is 37.1. The van der Waals surface area contributed by atoms with Crippen molar-refractivity contribution >= 4 is 17.9 Å². The van der Waals surface area contributed by atoms with Crippen molar-refractivity contribution in [2.45, 2.75) is 206 Å². The van der Waals surface area contributed by atoms with Crippen LogP contribution < -0.4 is 0 Å². The zero-order valence-electron chi connectivity index (χ0n) is 43.3. The molecule has 0 aromatic rings. The van der Waals surface area contributed by atoms with Crippen LogP contribution in [0.25, 0.3) is 0 Å². The molecule has 0 saturated heterocycles. The highest BCUT2D eigenvalue weighted by Gasteiger charge is 2.25. The van der Waals surface area contributed by atoms with Crippen LogP contribution in [0.15, 0.2) is 97.2 Å². The SMILES string of the molecule is CC/C=C\C/C=C\C/C=C\C/C=C\C/C=C\C/C=C\C/C=C\C/C=C\CCCCCCCCCCC(=O)OC(COC(=O)CCCCCCCCCCC)COC(OCC[N+](C)(C)C)C(=O)O. The molecular formula is C58H98NO8+. The molecule has 0 aliphatic heterocycles. The number of carboxylic acids is 1. The third-order valence-corrected chi connectivity index (χ3v) is 10.9. The predicted octanol–water partition coefficient (Wildman–Crippen LogP) is 15.0. The van der Waals surface area contributed by atoms with Gasteiger partial charge in [0.25, 0.3) is 6.29 Å². The molecule has 0 bridgehead atoms. The number of carboxylic acid groups (broad SMARTS) is 1. The minimum Gasteiger partial charge on any atom is -0.477 e. The topological polar surface area (TPSA) is 108 Å². The van der Waals surface area contributed by atoms with Gasteiger partial charge in [0.2, 0.25) is 0 Å². The van der Waals surface area contributed by atoms with Gasteiger partial charge in [0, 0.05) is 12.8 Å². The zero-order valence-corrected chi connectivity index (χ0v) is 43.3. The van der Waals surface area contributed by atoms with Gasteiger partial charge in [-0.15, -0.1) is 0 Å². The maximum absolute atomic E-state index is 12.8. The maximum atomic E-state index is 12.8. The van der Waals surface area contributed by atoms with E-state index in [2.05, 4.69) is 111 Å². The maximum Gasteiger partial charge on any atom is 0.361 e. The van der Waals surface area contributed by atoms with Gasteiger partial charge < -0.3 is 28.5 Å². The van der Waals surface area contributed by atoms with Gasteiger partial charge >= 0.3 is 17.9 Å². The molecule has 0 aliphatic rings. The van der Waals surface area contributed by atoms with E-state index in [0.717, 1.165) is 96.3 Å². The molecular weight excluding hydrogens is 839 g/mol. The third kappa shape index (κ3) is 49.9. The van der Waals surface area contributed by atoms with Crippen LogP contribution in [0.4, 0.5) is 0 Å². The predicted molar refractivity (Wildman–Crippen MR) is 281 cm³/mol. The number of aliphatic carboxylic acids is 1. The molecule has 9 nitrogen and oxygen atoms in total. The Morgan fingerprint density at radius 3 is 1.27 bits per heavy atom. The van der Waals surface area contributed by atoms with Crippen LogP contribution in [0.1, 0.15) is 194 Å². The van der Waals surface area contributed by atoms with Crippen molar-refractivity contribution in [3.05, 3.63) is 97.2 Å². The van der Waals surface area contributed by atoms with E-state index in [9.17, 15) is 19.5 Å². The summed E-state index contributed by atoms with van der Waals surface area (Å²) in [6, 6.07) is 0. The lowest BCUT2D eigenvalue weighted by Gasteiger charge is -2.25. The van der Waals surface area contributed by atoms with E-state index < -0.39 is 24.3 Å². The van der Waals surface area contributed by atoms with E-state index in [0.29, 0.717) is 23.9 Å². The molecule has 0 saturated carbocycles. The number of hydrogen-bond acceptors (Lipinski definition) is 7. The summed E-state index contributed by atoms with van der Waals surface area (Å²) in [5, 5.41) is 9.65. The number of hydrogen-bond donors (Lipinski definition) is 1. The molecule has 2 unspecified atom stereocenters. The highest BCUT2D eigenvalue weighted by molar-refractivity contribution is 5.71. The molecule has 0 amide bonds. The van der Waals surface area contributed by atoms with Crippen LogP contribution in [0.2, 0.25) is 0 Å². The molecule has 2 atom stereocenters. The second-order valence-electron chi connectivity index (χ2n) is 18.5. The van der Waals surface area contributed by atoms with Crippen molar-refractivity contribution in [1.82, 2.24) is 0 Å². The van der Waals surface area contributed by atoms with Gasteiger partial charge in [0.15, 0.2) is 6.10 Å². The molecule has 0 fully saturated rings. The highest BCUT2D eigenvalue weighted by Crippen LogP contribution is 2.14. The summed E-state index contributed by atoms with van der Waals surface area (Å²) in [7, 11) is 5.95. The Bertz CT molecular complexity index is 1420. The van der Waals surface area contributed by atoms with Crippen molar-refractivity contribution in [2.24, 2.45) is 0 Å². The molecule has 382 valence electrons. The van der Waals surface area contributed by atoms with Crippen LogP contribution in [0, 0.1) is 0 Å². The number of rotatable bonds is 47. The third-order valence-electron chi connectivity index (χ3n) is 10.9. The molecule has 0 rings (SSSR count). The van der Waals surface area contributed by atoms with Gasteiger partial charge in [-0.3, -0.25) is 9.59 Å². The molecule has 0 radical (unpaired) electrons. The van der Waals surface area contributed by atoms with Crippen LogP contribution in [-0.4, -0.2) is 87.4 Å². The summed E-state index contributed by atoms with van der Waals surface area (Å²) in [5.74, 6) is -2.03. The average molecular weight is 937 g/mol. The summed E-state index contributed by atoms with van der Waals surface area (Å²) in [6.07, 6.45) is 62.1. The number of ether oxygens (including phenoxy) is 4. The first-order chi connectivity index (χ1) is 32.6. The Balaban J connectivity index is 4.19. The zero-order chi connectivity index (χ0) is 49.2. The van der Waals surface area contributed by atoms with E-state index >= 15 is 0 Å². The van der Waals surface area contributed by atoms with E-state index in [1.165, 1.54) is 64.2 Å². The van der Waals surface area contributed by atoms with Crippen molar-refractivity contribution in [2.75, 3.05) is 47.5 Å². The number of unbranched alkanes of at least 4 members (excludes halogenated alkanes) is 16. The standard InChI is InChI=1S/C58H97NO8/c1-6-8-10-12-14-16-17-18-19-20-21-22-23-24-25-26-27-28-29-30-31-32-33-34-35-36-37-38-39-41-43-45-47-49-56(61)67-54(53-66-58(57(62)63)64-51-50-59(3,4)5)52-65-55(60)48-46-44-42-40-15-13-11-9-7-2/h8,10,14,16,18-19,21-22,24-25,27-28,30-31,33-34,54,58H,6-7,9,11-13,15,17,20,23,26,29,32,35-53H2,1-5H3/p+1/b10-8-,16-14-,19-18-,22-21-,25-24-,28-27-,31-30-,34-33-. The number of nitrogens with zero attached hydrogens (tertiary/aromatic N) is 1. The van der Waals surface area contributed by atoms with Crippen LogP contribution in [0.3, 0.4) is 0 Å². The molecule has 0 aromatic heterocycles. The second kappa shape index (κ2) is 48.7. The van der Waals surface area contributed by atoms with Gasteiger partial charge in [-0.2, -0.15) is 0 Å². The highest BCUT2D eigenvalue weighted by atomic mass is 16.7.